The van der Waals surface area contributed by atoms with E-state index in [4.69, 9.17) is 17.3 Å². The van der Waals surface area contributed by atoms with Crippen LogP contribution in [0.5, 0.6) is 0 Å². The van der Waals surface area contributed by atoms with Crippen LogP contribution in [0.2, 0.25) is 5.02 Å². The fourth-order valence-electron chi connectivity index (χ4n) is 1.99. The number of rotatable bonds is 5. The molecule has 106 valence electrons. The summed E-state index contributed by atoms with van der Waals surface area (Å²) in [5, 5.41) is 1.85. The quantitative estimate of drug-likeness (QED) is 0.840. The molecule has 2 aromatic rings. The summed E-state index contributed by atoms with van der Waals surface area (Å²) in [6, 6.07) is 10.3. The first-order valence-corrected chi connectivity index (χ1v) is 7.99. The maximum Gasteiger partial charge on any atom is 0.0992 e. The Balaban J connectivity index is 2.01. The minimum Gasteiger partial charge on any atom is -0.328 e. The van der Waals surface area contributed by atoms with Gasteiger partial charge in [-0.2, -0.15) is 0 Å². The highest BCUT2D eigenvalue weighted by Crippen LogP contribution is 2.25. The first-order chi connectivity index (χ1) is 9.54. The Morgan fingerprint density at radius 2 is 1.95 bits per heavy atom. The monoisotopic (exact) mass is 306 g/mol. The van der Waals surface area contributed by atoms with Gasteiger partial charge < -0.3 is 5.73 Å². The van der Waals surface area contributed by atoms with Crippen molar-refractivity contribution in [1.29, 1.82) is 0 Å². The van der Waals surface area contributed by atoms with Crippen molar-refractivity contribution in [3.05, 3.63) is 58.2 Å². The van der Waals surface area contributed by atoms with Crippen LogP contribution in [0.4, 0.5) is 0 Å². The maximum atomic E-state index is 5.88. The van der Waals surface area contributed by atoms with Crippen molar-refractivity contribution in [2.75, 3.05) is 0 Å². The third-order valence-electron chi connectivity index (χ3n) is 2.93. The molecule has 0 aliphatic heterocycles. The molecule has 0 fully saturated rings. The van der Waals surface area contributed by atoms with Gasteiger partial charge in [0, 0.05) is 23.0 Å². The van der Waals surface area contributed by atoms with Crippen molar-refractivity contribution >= 4 is 23.4 Å². The highest BCUT2D eigenvalue weighted by molar-refractivity contribution is 7.98. The fourth-order valence-corrected chi connectivity index (χ4v) is 3.02. The number of nitrogens with zero attached hydrogens (tertiary/aromatic N) is 1. The molecule has 0 spiro atoms. The highest BCUT2D eigenvalue weighted by Gasteiger charge is 2.05. The van der Waals surface area contributed by atoms with E-state index in [1.807, 2.05) is 25.3 Å². The lowest BCUT2D eigenvalue weighted by atomic mass is 10.1. The van der Waals surface area contributed by atoms with E-state index in [1.54, 1.807) is 11.8 Å². The molecule has 2 nitrogen and oxygen atoms in total. The number of aromatic nitrogens is 1. The Labute approximate surface area is 129 Å². The molecule has 0 radical (unpaired) electrons. The van der Waals surface area contributed by atoms with Gasteiger partial charge in [0.1, 0.15) is 0 Å². The van der Waals surface area contributed by atoms with Crippen LogP contribution in [0.25, 0.3) is 0 Å². The molecule has 0 saturated carbocycles. The lowest BCUT2D eigenvalue weighted by Gasteiger charge is -2.09. The number of pyridine rings is 1. The van der Waals surface area contributed by atoms with Gasteiger partial charge in [-0.3, -0.25) is 0 Å². The zero-order valence-electron chi connectivity index (χ0n) is 11.8. The zero-order valence-corrected chi connectivity index (χ0v) is 13.3. The molecule has 1 aromatic heterocycles. The number of thioether (sulfide) groups is 1. The molecule has 0 saturated heterocycles. The molecule has 1 aromatic carbocycles. The maximum absolute atomic E-state index is 5.88. The summed E-state index contributed by atoms with van der Waals surface area (Å²) in [5.41, 5.74) is 9.48. The van der Waals surface area contributed by atoms with Gasteiger partial charge in [-0.05, 0) is 49.1 Å². The van der Waals surface area contributed by atoms with Gasteiger partial charge in [-0.25, -0.2) is 4.98 Å². The lowest BCUT2D eigenvalue weighted by molar-refractivity contribution is 0.733. The average Bonchev–Trinajstić information content (AvgIpc) is 2.39. The Morgan fingerprint density at radius 3 is 2.55 bits per heavy atom. The van der Waals surface area contributed by atoms with E-state index in [0.29, 0.717) is 0 Å². The fraction of sp³-hybridized carbons (Fsp3) is 0.312. The standard InChI is InChI=1S/C16H19ClN2S/c1-11-7-14(8-12(2)18)9-19-16(11)20-10-13-3-5-15(17)6-4-13/h3-7,9,12H,8,10,18H2,1-2H3. The molecule has 0 aliphatic rings. The first kappa shape index (κ1) is 15.4. The number of aryl methyl sites for hydroxylation is 1. The van der Waals surface area contributed by atoms with Crippen LogP contribution < -0.4 is 5.73 Å². The van der Waals surface area contributed by atoms with Crippen molar-refractivity contribution < 1.29 is 0 Å². The van der Waals surface area contributed by atoms with Crippen LogP contribution in [-0.2, 0) is 12.2 Å². The van der Waals surface area contributed by atoms with Crippen molar-refractivity contribution in [2.45, 2.75) is 37.1 Å². The smallest absolute Gasteiger partial charge is 0.0992 e. The van der Waals surface area contributed by atoms with E-state index >= 15 is 0 Å². The topological polar surface area (TPSA) is 38.9 Å². The van der Waals surface area contributed by atoms with Crippen LogP contribution in [0.3, 0.4) is 0 Å². The van der Waals surface area contributed by atoms with E-state index in [2.05, 4.69) is 30.1 Å². The molecule has 1 unspecified atom stereocenters. The lowest BCUT2D eigenvalue weighted by Crippen LogP contribution is -2.17. The molecular formula is C16H19ClN2S. The van der Waals surface area contributed by atoms with E-state index in [1.165, 1.54) is 16.7 Å². The molecule has 1 atom stereocenters. The molecule has 4 heteroatoms. The van der Waals surface area contributed by atoms with Crippen molar-refractivity contribution in [3.8, 4) is 0 Å². The number of halogens is 1. The molecular weight excluding hydrogens is 288 g/mol. The van der Waals surface area contributed by atoms with Crippen molar-refractivity contribution in [1.82, 2.24) is 4.98 Å². The average molecular weight is 307 g/mol. The van der Waals surface area contributed by atoms with Crippen molar-refractivity contribution in [3.63, 3.8) is 0 Å². The second-order valence-corrected chi connectivity index (χ2v) is 6.46. The van der Waals surface area contributed by atoms with Gasteiger partial charge in [-0.1, -0.05) is 29.8 Å². The predicted molar refractivity (Wildman–Crippen MR) is 87.3 cm³/mol. The number of hydrogen-bond acceptors (Lipinski definition) is 3. The number of benzene rings is 1. The molecule has 1 heterocycles. The van der Waals surface area contributed by atoms with E-state index in [9.17, 15) is 0 Å². The Kier molecular flexibility index (Phi) is 5.46. The summed E-state index contributed by atoms with van der Waals surface area (Å²) in [5.74, 6) is 0.900. The van der Waals surface area contributed by atoms with E-state index < -0.39 is 0 Å². The summed E-state index contributed by atoms with van der Waals surface area (Å²) in [4.78, 5) is 4.55. The van der Waals surface area contributed by atoms with Crippen LogP contribution in [0, 0.1) is 6.92 Å². The van der Waals surface area contributed by atoms with E-state index in [-0.39, 0.29) is 6.04 Å². The molecule has 2 N–H and O–H groups in total. The summed E-state index contributed by atoms with van der Waals surface area (Å²) < 4.78 is 0. The summed E-state index contributed by atoms with van der Waals surface area (Å²) in [7, 11) is 0. The molecule has 0 amide bonds. The van der Waals surface area contributed by atoms with Gasteiger partial charge in [0.05, 0.1) is 5.03 Å². The minimum atomic E-state index is 0.170. The third-order valence-corrected chi connectivity index (χ3v) is 4.36. The largest absolute Gasteiger partial charge is 0.328 e. The van der Waals surface area contributed by atoms with Gasteiger partial charge in [-0.15, -0.1) is 11.8 Å². The predicted octanol–water partition coefficient (Wildman–Crippen LogP) is 4.23. The van der Waals surface area contributed by atoms with Crippen molar-refractivity contribution in [2.24, 2.45) is 5.73 Å². The van der Waals surface area contributed by atoms with Crippen LogP contribution in [-0.4, -0.2) is 11.0 Å². The summed E-state index contributed by atoms with van der Waals surface area (Å²) >= 11 is 7.63. The molecule has 20 heavy (non-hydrogen) atoms. The van der Waals surface area contributed by atoms with Gasteiger partial charge in [0.15, 0.2) is 0 Å². The SMILES string of the molecule is Cc1cc(CC(C)N)cnc1SCc1ccc(Cl)cc1. The number of hydrogen-bond donors (Lipinski definition) is 1. The normalized spacial score (nSPS) is 12.4. The van der Waals surface area contributed by atoms with Crippen LogP contribution >= 0.6 is 23.4 Å². The van der Waals surface area contributed by atoms with E-state index in [0.717, 1.165) is 22.2 Å². The highest BCUT2D eigenvalue weighted by atomic mass is 35.5. The summed E-state index contributed by atoms with van der Waals surface area (Å²) in [6.07, 6.45) is 2.80. The van der Waals surface area contributed by atoms with Gasteiger partial charge in [0.25, 0.3) is 0 Å². The number of nitrogens with two attached hydrogens (primary N) is 1. The Bertz CT molecular complexity index is 567. The second-order valence-electron chi connectivity index (χ2n) is 5.06. The Hall–Kier alpha value is -1.03. The second kappa shape index (κ2) is 7.11. The molecule has 0 bridgehead atoms. The molecule has 0 aliphatic carbocycles. The minimum absolute atomic E-state index is 0.170. The van der Waals surface area contributed by atoms with Gasteiger partial charge >= 0.3 is 0 Å². The van der Waals surface area contributed by atoms with Gasteiger partial charge in [0.2, 0.25) is 0 Å². The Morgan fingerprint density at radius 1 is 1.25 bits per heavy atom. The van der Waals surface area contributed by atoms with Crippen LogP contribution in [0.1, 0.15) is 23.6 Å². The zero-order chi connectivity index (χ0) is 14.5. The first-order valence-electron chi connectivity index (χ1n) is 6.63. The van der Waals surface area contributed by atoms with Crippen LogP contribution in [0.15, 0.2) is 41.6 Å². The summed E-state index contributed by atoms with van der Waals surface area (Å²) in [6.45, 7) is 4.11. The molecule has 2 rings (SSSR count). The third kappa shape index (κ3) is 4.51.